The summed E-state index contributed by atoms with van der Waals surface area (Å²) in [6, 6.07) is 19.1. The third-order valence-electron chi connectivity index (χ3n) is 7.06. The predicted octanol–water partition coefficient (Wildman–Crippen LogP) is 5.43. The van der Waals surface area contributed by atoms with E-state index < -0.39 is 11.1 Å². The first kappa shape index (κ1) is 26.0. The highest BCUT2D eigenvalue weighted by Gasteiger charge is 2.16. The highest BCUT2D eigenvalue weighted by Crippen LogP contribution is 2.34. The number of rotatable bonds is 7. The number of ether oxygens (including phenoxy) is 1. The number of benzene rings is 3. The minimum atomic E-state index is -2.69. The molecule has 3 N–H and O–H groups in total. The van der Waals surface area contributed by atoms with Crippen LogP contribution in [0.2, 0.25) is 0 Å². The van der Waals surface area contributed by atoms with E-state index in [0.29, 0.717) is 22.5 Å². The second-order valence-corrected chi connectivity index (χ2v) is 10.4. The van der Waals surface area contributed by atoms with Crippen molar-refractivity contribution < 1.29 is 13.5 Å². The Labute approximate surface area is 224 Å². The average Bonchev–Trinajstić information content (AvgIpc) is 3.36. The van der Waals surface area contributed by atoms with Crippen LogP contribution in [0.3, 0.4) is 0 Å². The van der Waals surface area contributed by atoms with E-state index in [1.165, 1.54) is 32.4 Å². The van der Waals surface area contributed by atoms with Gasteiger partial charge in [-0.25, -0.2) is 9.50 Å². The molecule has 0 spiro atoms. The van der Waals surface area contributed by atoms with E-state index in [9.17, 15) is 8.76 Å². The van der Waals surface area contributed by atoms with Crippen LogP contribution in [0.25, 0.3) is 38.7 Å². The SMILES string of the molecule is N.O=[SH+]([O-])c1ccc(-c2cnn3cc(-c4ccc(OCCN5CCCCC5)cc4)cnc23)c2ccccc12. The minimum absolute atomic E-state index is 0. The van der Waals surface area contributed by atoms with Crippen LogP contribution in [0.15, 0.2) is 84.1 Å². The lowest BCUT2D eigenvalue weighted by Gasteiger charge is -2.26. The molecule has 0 saturated carbocycles. The third-order valence-corrected chi connectivity index (χ3v) is 7.84. The van der Waals surface area contributed by atoms with Crippen molar-refractivity contribution in [1.29, 1.82) is 0 Å². The summed E-state index contributed by atoms with van der Waals surface area (Å²) in [7, 11) is 0. The van der Waals surface area contributed by atoms with Gasteiger partial charge in [-0.15, -0.1) is 4.21 Å². The molecule has 196 valence electrons. The molecule has 2 aromatic heterocycles. The van der Waals surface area contributed by atoms with E-state index in [4.69, 9.17) is 9.72 Å². The molecule has 1 fully saturated rings. The highest BCUT2D eigenvalue weighted by atomic mass is 32.2. The van der Waals surface area contributed by atoms with E-state index in [1.807, 2.05) is 67.0 Å². The molecule has 0 bridgehead atoms. The Bertz CT molecular complexity index is 1580. The molecule has 3 heterocycles. The maximum atomic E-state index is 11.7. The Kier molecular flexibility index (Phi) is 7.80. The smallest absolute Gasteiger partial charge is 0.162 e. The molecule has 1 unspecified atom stereocenters. The Morgan fingerprint density at radius 3 is 2.39 bits per heavy atom. The van der Waals surface area contributed by atoms with E-state index in [1.54, 1.807) is 16.8 Å². The molecular formula is C29H31N5O3S. The van der Waals surface area contributed by atoms with E-state index in [0.717, 1.165) is 39.9 Å². The van der Waals surface area contributed by atoms with Crippen molar-refractivity contribution in [1.82, 2.24) is 25.6 Å². The van der Waals surface area contributed by atoms with E-state index in [2.05, 4.69) is 10.00 Å². The van der Waals surface area contributed by atoms with Gasteiger partial charge in [0.15, 0.2) is 10.5 Å². The van der Waals surface area contributed by atoms with Gasteiger partial charge in [-0.3, -0.25) is 4.90 Å². The molecule has 9 heteroatoms. The Morgan fingerprint density at radius 1 is 0.868 bits per heavy atom. The number of piperidine rings is 1. The van der Waals surface area contributed by atoms with Crippen molar-refractivity contribution in [2.24, 2.45) is 0 Å². The van der Waals surface area contributed by atoms with Crippen molar-refractivity contribution >= 4 is 27.5 Å². The lowest BCUT2D eigenvalue weighted by molar-refractivity contribution is 0.183. The van der Waals surface area contributed by atoms with Crippen LogP contribution in [-0.2, 0) is 15.3 Å². The largest absolute Gasteiger partial charge is 0.612 e. The van der Waals surface area contributed by atoms with Crippen molar-refractivity contribution in [3.05, 3.63) is 79.3 Å². The van der Waals surface area contributed by atoms with Crippen LogP contribution < -0.4 is 10.9 Å². The molecule has 6 rings (SSSR count). The summed E-state index contributed by atoms with van der Waals surface area (Å²) >= 11 is -2.69. The monoisotopic (exact) mass is 529 g/mol. The number of hydrogen-bond donors (Lipinski definition) is 1. The van der Waals surface area contributed by atoms with Gasteiger partial charge in [0.2, 0.25) is 0 Å². The lowest BCUT2D eigenvalue weighted by Crippen LogP contribution is -2.33. The van der Waals surface area contributed by atoms with Gasteiger partial charge < -0.3 is 15.4 Å². The Hall–Kier alpha value is -3.63. The first-order valence-corrected chi connectivity index (χ1v) is 13.8. The normalized spacial score (nSPS) is 14.9. The van der Waals surface area contributed by atoms with Crippen LogP contribution >= 0.6 is 0 Å². The molecule has 3 aromatic carbocycles. The molecule has 0 radical (unpaired) electrons. The zero-order valence-corrected chi connectivity index (χ0v) is 22.0. The topological polar surface area (TPSA) is 118 Å². The predicted molar refractivity (Wildman–Crippen MR) is 151 cm³/mol. The summed E-state index contributed by atoms with van der Waals surface area (Å²) in [4.78, 5) is 7.52. The highest BCUT2D eigenvalue weighted by molar-refractivity contribution is 7.79. The van der Waals surface area contributed by atoms with Gasteiger partial charge >= 0.3 is 0 Å². The number of hydrogen-bond acceptors (Lipinski definition) is 7. The molecule has 5 aromatic rings. The van der Waals surface area contributed by atoms with Gasteiger partial charge in [0, 0.05) is 35.5 Å². The van der Waals surface area contributed by atoms with Gasteiger partial charge in [-0.2, -0.15) is 5.10 Å². The van der Waals surface area contributed by atoms with Crippen molar-refractivity contribution in [3.8, 4) is 28.0 Å². The van der Waals surface area contributed by atoms with Crippen LogP contribution in [0, 0.1) is 0 Å². The summed E-state index contributed by atoms with van der Waals surface area (Å²) in [5.41, 5.74) is 4.45. The quantitative estimate of drug-likeness (QED) is 0.221. The molecule has 8 nitrogen and oxygen atoms in total. The molecule has 0 amide bonds. The van der Waals surface area contributed by atoms with Gasteiger partial charge in [0.25, 0.3) is 0 Å². The molecule has 38 heavy (non-hydrogen) atoms. The lowest BCUT2D eigenvalue weighted by atomic mass is 10.00. The Balaban J connectivity index is 0.00000294. The fourth-order valence-corrected chi connectivity index (χ4v) is 5.70. The van der Waals surface area contributed by atoms with Crippen LogP contribution in [0.4, 0.5) is 0 Å². The molecule has 1 aliphatic rings. The molecule has 0 aliphatic carbocycles. The number of fused-ring (bicyclic) bond motifs is 2. The average molecular weight is 530 g/mol. The summed E-state index contributed by atoms with van der Waals surface area (Å²) in [5.74, 6) is 0.867. The molecule has 1 saturated heterocycles. The molecule has 1 aliphatic heterocycles. The maximum Gasteiger partial charge on any atom is 0.162 e. The first-order valence-electron chi connectivity index (χ1n) is 12.6. The second kappa shape index (κ2) is 11.4. The fraction of sp³-hybridized carbons (Fsp3) is 0.241. The number of aromatic nitrogens is 3. The summed E-state index contributed by atoms with van der Waals surface area (Å²) in [6.07, 6.45) is 9.51. The van der Waals surface area contributed by atoms with Crippen LogP contribution in [0.1, 0.15) is 19.3 Å². The van der Waals surface area contributed by atoms with Gasteiger partial charge in [-0.05, 0) is 72.8 Å². The Morgan fingerprint density at radius 2 is 1.63 bits per heavy atom. The van der Waals surface area contributed by atoms with Crippen molar-refractivity contribution in [2.45, 2.75) is 24.2 Å². The van der Waals surface area contributed by atoms with Crippen LogP contribution in [0.5, 0.6) is 5.75 Å². The number of thiol groups is 1. The van der Waals surface area contributed by atoms with Gasteiger partial charge in [-0.1, -0.05) is 36.8 Å². The van der Waals surface area contributed by atoms with E-state index >= 15 is 0 Å². The van der Waals surface area contributed by atoms with Crippen LogP contribution in [-0.4, -0.2) is 50.3 Å². The number of likely N-dealkylation sites (tertiary alicyclic amines) is 1. The van der Waals surface area contributed by atoms with Crippen molar-refractivity contribution in [3.63, 3.8) is 0 Å². The van der Waals surface area contributed by atoms with Gasteiger partial charge in [0.05, 0.1) is 17.3 Å². The summed E-state index contributed by atoms with van der Waals surface area (Å²) in [6.45, 7) is 4.02. The zero-order chi connectivity index (χ0) is 25.2. The van der Waals surface area contributed by atoms with Gasteiger partial charge in [0.1, 0.15) is 12.4 Å². The minimum Gasteiger partial charge on any atom is -0.612 e. The molecule has 1 atom stereocenters. The first-order chi connectivity index (χ1) is 18.2. The third kappa shape index (κ3) is 5.19. The summed E-state index contributed by atoms with van der Waals surface area (Å²) in [5, 5.41) is 6.11. The maximum absolute atomic E-state index is 11.7. The second-order valence-electron chi connectivity index (χ2n) is 9.38. The zero-order valence-electron chi connectivity index (χ0n) is 21.1. The summed E-state index contributed by atoms with van der Waals surface area (Å²) < 4.78 is 31.2. The van der Waals surface area contributed by atoms with Crippen molar-refractivity contribution in [2.75, 3.05) is 26.2 Å². The number of nitrogens with zero attached hydrogens (tertiary/aromatic N) is 4. The standard InChI is InChI=1S/C29H28N4O3S.H3N/c34-37(35)28-13-12-25(24-6-2-3-7-26(24)28)27-19-31-33-20-22(18-30-29(27)33)21-8-10-23(11-9-21)36-17-16-32-14-4-1-5-15-32;/h2-3,6-13,18-20,37H,1,4-5,14-17H2;1H3. The fourth-order valence-electron chi connectivity index (χ4n) is 5.11. The van der Waals surface area contributed by atoms with E-state index in [-0.39, 0.29) is 6.15 Å². The molecular weight excluding hydrogens is 498 g/mol.